The van der Waals surface area contributed by atoms with Crippen LogP contribution in [-0.4, -0.2) is 45.1 Å². The van der Waals surface area contributed by atoms with E-state index in [1.54, 1.807) is 23.7 Å². The highest BCUT2D eigenvalue weighted by atomic mass is 19.1. The molecule has 1 aliphatic heterocycles. The maximum Gasteiger partial charge on any atom is 0.225 e. The predicted molar refractivity (Wildman–Crippen MR) is 144 cm³/mol. The molecular formula is C31H32FN5O2. The molecule has 0 radical (unpaired) electrons. The van der Waals surface area contributed by atoms with Gasteiger partial charge in [-0.15, -0.1) is 0 Å². The van der Waals surface area contributed by atoms with Crippen LogP contribution in [0.1, 0.15) is 68.5 Å². The van der Waals surface area contributed by atoms with Gasteiger partial charge in [-0.3, -0.25) is 9.59 Å². The molecule has 8 heteroatoms. The van der Waals surface area contributed by atoms with Gasteiger partial charge in [0, 0.05) is 49.5 Å². The molecule has 39 heavy (non-hydrogen) atoms. The minimum Gasteiger partial charge on any atom is -0.342 e. The second kappa shape index (κ2) is 9.96. The van der Waals surface area contributed by atoms with Gasteiger partial charge in [-0.2, -0.15) is 10.4 Å². The quantitative estimate of drug-likeness (QED) is 0.487. The minimum atomic E-state index is -0.704. The molecule has 3 fully saturated rings. The summed E-state index contributed by atoms with van der Waals surface area (Å²) in [5.74, 6) is -0.264. The Bertz CT molecular complexity index is 1430. The molecule has 3 aromatic rings. The van der Waals surface area contributed by atoms with Crippen molar-refractivity contribution in [2.24, 2.45) is 5.92 Å². The summed E-state index contributed by atoms with van der Waals surface area (Å²) in [6.07, 6.45) is 6.95. The number of halogens is 1. The summed E-state index contributed by atoms with van der Waals surface area (Å²) in [5, 5.41) is 17.6. The van der Waals surface area contributed by atoms with E-state index >= 15 is 0 Å². The summed E-state index contributed by atoms with van der Waals surface area (Å²) in [6, 6.07) is 16.9. The summed E-state index contributed by atoms with van der Waals surface area (Å²) in [5.41, 5.74) is 4.06. The average molecular weight is 526 g/mol. The summed E-state index contributed by atoms with van der Waals surface area (Å²) in [6.45, 7) is 3.08. The SMILES string of the molecule is CC(=O)N1CC(c2ccc(-c3cn(-c4ccc(F)cc4)nc3C3CCCCC3C(=O)NC3(C#N)CC3)cc2)C1. The van der Waals surface area contributed by atoms with Crippen molar-refractivity contribution in [3.8, 4) is 22.9 Å². The van der Waals surface area contributed by atoms with Gasteiger partial charge in [0.15, 0.2) is 0 Å². The number of nitrogens with zero attached hydrogens (tertiary/aromatic N) is 4. The van der Waals surface area contributed by atoms with Gasteiger partial charge in [-0.1, -0.05) is 37.1 Å². The number of rotatable bonds is 6. The fourth-order valence-electron chi connectivity index (χ4n) is 5.98. The van der Waals surface area contributed by atoms with E-state index < -0.39 is 5.54 Å². The highest BCUT2D eigenvalue weighted by molar-refractivity contribution is 5.82. The van der Waals surface area contributed by atoms with Crippen molar-refractivity contribution in [1.82, 2.24) is 20.0 Å². The van der Waals surface area contributed by atoms with Crippen molar-refractivity contribution < 1.29 is 14.0 Å². The Labute approximate surface area is 227 Å². The lowest BCUT2D eigenvalue weighted by molar-refractivity contribution is -0.133. The molecule has 2 unspecified atom stereocenters. The van der Waals surface area contributed by atoms with Crippen molar-refractivity contribution in [3.05, 3.63) is 71.8 Å². The standard InChI is InChI=1S/C31H32FN5O2/c1-20(38)36-16-23(17-36)21-6-8-22(9-7-21)28-18-37(25-12-10-24(32)11-13-25)35-29(28)26-4-2-3-5-27(26)30(39)34-31(19-33)14-15-31/h6-13,18,23,26-27H,2-5,14-17H2,1H3,(H,34,39). The Morgan fingerprint density at radius 1 is 1.05 bits per heavy atom. The van der Waals surface area contributed by atoms with E-state index in [1.165, 1.54) is 17.7 Å². The monoisotopic (exact) mass is 525 g/mol. The van der Waals surface area contributed by atoms with Crippen LogP contribution in [0.3, 0.4) is 0 Å². The first-order chi connectivity index (χ1) is 18.9. The fourth-order valence-corrected chi connectivity index (χ4v) is 5.98. The maximum atomic E-state index is 13.6. The molecule has 200 valence electrons. The van der Waals surface area contributed by atoms with Crippen LogP contribution >= 0.6 is 0 Å². The highest BCUT2D eigenvalue weighted by Crippen LogP contribution is 2.43. The lowest BCUT2D eigenvalue weighted by atomic mass is 9.75. The van der Waals surface area contributed by atoms with E-state index in [0.29, 0.717) is 18.8 Å². The van der Waals surface area contributed by atoms with Crippen molar-refractivity contribution in [3.63, 3.8) is 0 Å². The molecule has 1 saturated heterocycles. The molecular weight excluding hydrogens is 493 g/mol. The van der Waals surface area contributed by atoms with E-state index in [4.69, 9.17) is 5.10 Å². The number of hydrogen-bond acceptors (Lipinski definition) is 4. The minimum absolute atomic E-state index is 0.0589. The Hall–Kier alpha value is -3.99. The number of hydrogen-bond donors (Lipinski definition) is 1. The van der Waals surface area contributed by atoms with Gasteiger partial charge in [0.2, 0.25) is 11.8 Å². The van der Waals surface area contributed by atoms with E-state index in [0.717, 1.165) is 61.3 Å². The third-order valence-electron chi connectivity index (χ3n) is 8.63. The zero-order valence-electron chi connectivity index (χ0n) is 22.1. The lowest BCUT2D eigenvalue weighted by Crippen LogP contribution is -2.47. The smallest absolute Gasteiger partial charge is 0.225 e. The third-order valence-corrected chi connectivity index (χ3v) is 8.63. The topological polar surface area (TPSA) is 91.0 Å². The molecule has 3 aliphatic rings. The van der Waals surface area contributed by atoms with Crippen molar-refractivity contribution >= 4 is 11.8 Å². The molecule has 0 bridgehead atoms. The molecule has 1 N–H and O–H groups in total. The third kappa shape index (κ3) is 4.94. The molecule has 2 saturated carbocycles. The van der Waals surface area contributed by atoms with Crippen LogP contribution in [-0.2, 0) is 9.59 Å². The van der Waals surface area contributed by atoms with Crippen LogP contribution in [0.25, 0.3) is 16.8 Å². The Kier molecular flexibility index (Phi) is 6.46. The predicted octanol–water partition coefficient (Wildman–Crippen LogP) is 5.07. The van der Waals surface area contributed by atoms with E-state index in [9.17, 15) is 19.2 Å². The first kappa shape index (κ1) is 25.3. The van der Waals surface area contributed by atoms with Gasteiger partial charge >= 0.3 is 0 Å². The maximum absolute atomic E-state index is 13.6. The van der Waals surface area contributed by atoms with Crippen LogP contribution in [0.5, 0.6) is 0 Å². The number of carbonyl (C=O) groups is 2. The van der Waals surface area contributed by atoms with Crippen LogP contribution in [0, 0.1) is 23.1 Å². The number of aromatic nitrogens is 2. The van der Waals surface area contributed by atoms with Crippen LogP contribution in [0.15, 0.2) is 54.7 Å². The molecule has 6 rings (SSSR count). The first-order valence-corrected chi connectivity index (χ1v) is 13.8. The van der Waals surface area contributed by atoms with Crippen LogP contribution in [0.2, 0.25) is 0 Å². The number of nitriles is 1. The molecule has 1 aromatic heterocycles. The van der Waals surface area contributed by atoms with Crippen LogP contribution < -0.4 is 5.32 Å². The normalized spacial score (nSPS) is 22.0. The average Bonchev–Trinajstić information content (AvgIpc) is 3.55. The second-order valence-corrected chi connectivity index (χ2v) is 11.3. The largest absolute Gasteiger partial charge is 0.342 e. The van der Waals surface area contributed by atoms with Crippen LogP contribution in [0.4, 0.5) is 4.39 Å². The molecule has 2 aromatic carbocycles. The zero-order valence-corrected chi connectivity index (χ0v) is 22.1. The molecule has 2 heterocycles. The number of benzene rings is 2. The van der Waals surface area contributed by atoms with E-state index in [2.05, 4.69) is 35.7 Å². The Morgan fingerprint density at radius 3 is 2.38 bits per heavy atom. The summed E-state index contributed by atoms with van der Waals surface area (Å²) in [4.78, 5) is 26.9. The molecule has 0 spiro atoms. The first-order valence-electron chi connectivity index (χ1n) is 13.8. The van der Waals surface area contributed by atoms with E-state index in [-0.39, 0.29) is 29.5 Å². The molecule has 2 aliphatic carbocycles. The lowest BCUT2D eigenvalue weighted by Gasteiger charge is -2.39. The molecule has 2 amide bonds. The number of amides is 2. The number of likely N-dealkylation sites (tertiary alicyclic amines) is 1. The van der Waals surface area contributed by atoms with Gasteiger partial charge in [0.1, 0.15) is 11.4 Å². The Balaban J connectivity index is 1.34. The zero-order chi connectivity index (χ0) is 27.1. The number of nitrogens with one attached hydrogen (secondary N) is 1. The van der Waals surface area contributed by atoms with E-state index in [1.807, 2.05) is 11.1 Å². The van der Waals surface area contributed by atoms with Gasteiger partial charge in [-0.25, -0.2) is 9.07 Å². The molecule has 2 atom stereocenters. The second-order valence-electron chi connectivity index (χ2n) is 11.3. The van der Waals surface area contributed by atoms with Crippen molar-refractivity contribution in [2.75, 3.05) is 13.1 Å². The summed E-state index contributed by atoms with van der Waals surface area (Å²) in [7, 11) is 0. The Morgan fingerprint density at radius 2 is 1.74 bits per heavy atom. The van der Waals surface area contributed by atoms with Gasteiger partial charge < -0.3 is 10.2 Å². The van der Waals surface area contributed by atoms with Gasteiger partial charge in [-0.05, 0) is 61.1 Å². The fraction of sp³-hybridized carbons (Fsp3) is 0.419. The summed E-state index contributed by atoms with van der Waals surface area (Å²) < 4.78 is 15.4. The number of carbonyl (C=O) groups excluding carboxylic acids is 2. The van der Waals surface area contributed by atoms with Crippen molar-refractivity contribution in [1.29, 1.82) is 5.26 Å². The molecule has 7 nitrogen and oxygen atoms in total. The van der Waals surface area contributed by atoms with Crippen molar-refractivity contribution in [2.45, 2.75) is 62.8 Å². The van der Waals surface area contributed by atoms with Gasteiger partial charge in [0.05, 0.1) is 17.5 Å². The highest BCUT2D eigenvalue weighted by Gasteiger charge is 2.47. The van der Waals surface area contributed by atoms with Gasteiger partial charge in [0.25, 0.3) is 0 Å². The summed E-state index contributed by atoms with van der Waals surface area (Å²) >= 11 is 0.